The minimum atomic E-state index is -0.686. The van der Waals surface area contributed by atoms with Crippen molar-refractivity contribution in [2.75, 3.05) is 7.11 Å². The molecule has 0 unspecified atom stereocenters. The second kappa shape index (κ2) is 6.82. The third kappa shape index (κ3) is 3.60. The van der Waals surface area contributed by atoms with Crippen molar-refractivity contribution in [2.45, 2.75) is 20.0 Å². The van der Waals surface area contributed by atoms with E-state index < -0.39 is 10.9 Å². The molecule has 0 aliphatic carbocycles. The number of nitro groups is 1. The fourth-order valence-electron chi connectivity index (χ4n) is 1.93. The standard InChI is InChI=1S/C15H15N3O5/c1-9(2)23-15-16-8-11(14(19)22-3)13(17-15)10-6-4-5-7-12(10)18(20)21/h4-9H,1-3H3. The van der Waals surface area contributed by atoms with Gasteiger partial charge in [0.2, 0.25) is 0 Å². The highest BCUT2D eigenvalue weighted by atomic mass is 16.6. The lowest BCUT2D eigenvalue weighted by Crippen LogP contribution is -2.12. The molecule has 0 saturated heterocycles. The van der Waals surface area contributed by atoms with Gasteiger partial charge >= 0.3 is 12.0 Å². The van der Waals surface area contributed by atoms with Crippen LogP contribution in [0.4, 0.5) is 5.69 Å². The van der Waals surface area contributed by atoms with Crippen molar-refractivity contribution < 1.29 is 19.2 Å². The molecular formula is C15H15N3O5. The summed E-state index contributed by atoms with van der Waals surface area (Å²) in [5.41, 5.74) is 0.133. The maximum atomic E-state index is 11.9. The summed E-state index contributed by atoms with van der Waals surface area (Å²) in [6.07, 6.45) is 1.06. The lowest BCUT2D eigenvalue weighted by Gasteiger charge is -2.11. The predicted octanol–water partition coefficient (Wildman–Crippen LogP) is 2.63. The fraction of sp³-hybridized carbons (Fsp3) is 0.267. The highest BCUT2D eigenvalue weighted by Crippen LogP contribution is 2.31. The van der Waals surface area contributed by atoms with Gasteiger partial charge < -0.3 is 9.47 Å². The third-order valence-corrected chi connectivity index (χ3v) is 2.87. The van der Waals surface area contributed by atoms with E-state index in [2.05, 4.69) is 9.97 Å². The summed E-state index contributed by atoms with van der Waals surface area (Å²) >= 11 is 0. The Morgan fingerprint density at radius 1 is 1.30 bits per heavy atom. The Hall–Kier alpha value is -3.03. The van der Waals surface area contributed by atoms with Crippen molar-refractivity contribution >= 4 is 11.7 Å². The number of hydrogen-bond acceptors (Lipinski definition) is 7. The highest BCUT2D eigenvalue weighted by molar-refractivity contribution is 5.97. The molecule has 0 fully saturated rings. The SMILES string of the molecule is COC(=O)c1cnc(OC(C)C)nc1-c1ccccc1[N+](=O)[O-]. The Bertz CT molecular complexity index is 746. The number of hydrogen-bond donors (Lipinski definition) is 0. The van der Waals surface area contributed by atoms with E-state index in [9.17, 15) is 14.9 Å². The van der Waals surface area contributed by atoms with Crippen molar-refractivity contribution in [1.29, 1.82) is 0 Å². The highest BCUT2D eigenvalue weighted by Gasteiger charge is 2.23. The van der Waals surface area contributed by atoms with Crippen molar-refractivity contribution in [3.63, 3.8) is 0 Å². The molecule has 120 valence electrons. The van der Waals surface area contributed by atoms with Gasteiger partial charge in [0.05, 0.1) is 29.4 Å². The van der Waals surface area contributed by atoms with E-state index in [1.54, 1.807) is 19.9 Å². The van der Waals surface area contributed by atoms with Crippen molar-refractivity contribution in [1.82, 2.24) is 9.97 Å². The van der Waals surface area contributed by atoms with Gasteiger partial charge in [-0.25, -0.2) is 9.78 Å². The average Bonchev–Trinajstić information content (AvgIpc) is 2.53. The number of carbonyl (C=O) groups excluding carboxylic acids is 1. The van der Waals surface area contributed by atoms with Crippen LogP contribution in [0, 0.1) is 10.1 Å². The molecule has 0 aliphatic rings. The topological polar surface area (TPSA) is 104 Å². The van der Waals surface area contributed by atoms with Gasteiger partial charge in [0, 0.05) is 12.3 Å². The van der Waals surface area contributed by atoms with Gasteiger partial charge in [-0.1, -0.05) is 12.1 Å². The van der Waals surface area contributed by atoms with Gasteiger partial charge in [-0.15, -0.1) is 0 Å². The molecular weight excluding hydrogens is 302 g/mol. The summed E-state index contributed by atoms with van der Waals surface area (Å²) in [5.74, 6) is -0.686. The van der Waals surface area contributed by atoms with Crippen molar-refractivity contribution in [2.24, 2.45) is 0 Å². The number of rotatable bonds is 5. The molecule has 23 heavy (non-hydrogen) atoms. The number of carbonyl (C=O) groups is 1. The van der Waals surface area contributed by atoms with Gasteiger partial charge in [0.25, 0.3) is 5.69 Å². The van der Waals surface area contributed by atoms with Crippen LogP contribution in [0.1, 0.15) is 24.2 Å². The van der Waals surface area contributed by atoms with Gasteiger partial charge in [0.15, 0.2) is 0 Å². The number of nitro benzene ring substituents is 1. The van der Waals surface area contributed by atoms with Crippen LogP contribution >= 0.6 is 0 Å². The van der Waals surface area contributed by atoms with Gasteiger partial charge in [0.1, 0.15) is 5.56 Å². The molecule has 0 radical (unpaired) electrons. The van der Waals surface area contributed by atoms with Crippen LogP contribution < -0.4 is 4.74 Å². The molecule has 0 bridgehead atoms. The van der Waals surface area contributed by atoms with Crippen LogP contribution in [0.2, 0.25) is 0 Å². The van der Waals surface area contributed by atoms with E-state index in [0.29, 0.717) is 0 Å². The first kappa shape index (κ1) is 16.3. The average molecular weight is 317 g/mol. The molecule has 0 amide bonds. The Kier molecular flexibility index (Phi) is 4.85. The van der Waals surface area contributed by atoms with E-state index in [1.165, 1.54) is 31.5 Å². The second-order valence-corrected chi connectivity index (χ2v) is 4.85. The first-order valence-corrected chi connectivity index (χ1v) is 6.79. The van der Waals surface area contributed by atoms with Crippen LogP contribution in [0.3, 0.4) is 0 Å². The Morgan fingerprint density at radius 3 is 2.61 bits per heavy atom. The molecule has 2 rings (SSSR count). The molecule has 0 aliphatic heterocycles. The number of ether oxygens (including phenoxy) is 2. The van der Waals surface area contributed by atoms with E-state index in [1.807, 2.05) is 0 Å². The monoisotopic (exact) mass is 317 g/mol. The number of methoxy groups -OCH3 is 1. The molecule has 0 N–H and O–H groups in total. The molecule has 1 aromatic carbocycles. The second-order valence-electron chi connectivity index (χ2n) is 4.85. The number of benzene rings is 1. The van der Waals surface area contributed by atoms with Gasteiger partial charge in [-0.05, 0) is 19.9 Å². The lowest BCUT2D eigenvalue weighted by molar-refractivity contribution is -0.384. The van der Waals surface area contributed by atoms with Crippen LogP contribution in [0.15, 0.2) is 30.5 Å². The minimum Gasteiger partial charge on any atom is -0.465 e. The smallest absolute Gasteiger partial charge is 0.341 e. The Labute approximate surface area is 132 Å². The predicted molar refractivity (Wildman–Crippen MR) is 81.2 cm³/mol. The first-order valence-electron chi connectivity index (χ1n) is 6.79. The molecule has 8 heteroatoms. The number of esters is 1. The zero-order chi connectivity index (χ0) is 17.0. The van der Waals surface area contributed by atoms with Gasteiger partial charge in [-0.3, -0.25) is 10.1 Å². The summed E-state index contributed by atoms with van der Waals surface area (Å²) in [6, 6.07) is 6.02. The lowest BCUT2D eigenvalue weighted by atomic mass is 10.1. The van der Waals surface area contributed by atoms with Crippen LogP contribution in [0.5, 0.6) is 6.01 Å². The Balaban J connectivity index is 2.67. The zero-order valence-electron chi connectivity index (χ0n) is 12.8. The van der Waals surface area contributed by atoms with Gasteiger partial charge in [-0.2, -0.15) is 4.98 Å². The van der Waals surface area contributed by atoms with Crippen molar-refractivity contribution in [3.8, 4) is 17.3 Å². The fourth-order valence-corrected chi connectivity index (χ4v) is 1.93. The van der Waals surface area contributed by atoms with E-state index in [4.69, 9.17) is 9.47 Å². The molecule has 1 heterocycles. The first-order chi connectivity index (χ1) is 10.9. The van der Waals surface area contributed by atoms with E-state index >= 15 is 0 Å². The minimum absolute atomic E-state index is 0.0258. The largest absolute Gasteiger partial charge is 0.465 e. The molecule has 0 atom stereocenters. The number of para-hydroxylation sites is 1. The quantitative estimate of drug-likeness (QED) is 0.474. The summed E-state index contributed by atoms with van der Waals surface area (Å²) in [5, 5.41) is 11.2. The summed E-state index contributed by atoms with van der Waals surface area (Å²) < 4.78 is 10.1. The van der Waals surface area contributed by atoms with Crippen molar-refractivity contribution in [3.05, 3.63) is 46.1 Å². The van der Waals surface area contributed by atoms with E-state index in [0.717, 1.165) is 0 Å². The zero-order valence-corrected chi connectivity index (χ0v) is 12.8. The number of aromatic nitrogens is 2. The third-order valence-electron chi connectivity index (χ3n) is 2.87. The molecule has 1 aromatic heterocycles. The Morgan fingerprint density at radius 2 is 2.00 bits per heavy atom. The molecule has 2 aromatic rings. The molecule has 8 nitrogen and oxygen atoms in total. The van der Waals surface area contributed by atoms with Crippen LogP contribution in [-0.2, 0) is 4.74 Å². The molecule has 0 saturated carbocycles. The maximum absolute atomic E-state index is 11.9. The van der Waals surface area contributed by atoms with Crippen LogP contribution in [0.25, 0.3) is 11.3 Å². The normalized spacial score (nSPS) is 10.4. The van der Waals surface area contributed by atoms with E-state index in [-0.39, 0.29) is 34.6 Å². The summed E-state index contributed by atoms with van der Waals surface area (Å²) in [4.78, 5) is 30.7. The summed E-state index contributed by atoms with van der Waals surface area (Å²) in [7, 11) is 1.21. The van der Waals surface area contributed by atoms with Crippen LogP contribution in [-0.4, -0.2) is 34.1 Å². The summed E-state index contributed by atoms with van der Waals surface area (Å²) in [6.45, 7) is 3.59. The maximum Gasteiger partial charge on any atom is 0.341 e. The molecule has 0 spiro atoms. The number of nitrogens with zero attached hydrogens (tertiary/aromatic N) is 3.